The van der Waals surface area contributed by atoms with Crippen LogP contribution >= 0.6 is 11.3 Å². The molecule has 2 aliphatic rings. The molecular formula is C19H25NO3S. The van der Waals surface area contributed by atoms with Gasteiger partial charge in [0.25, 0.3) is 5.91 Å². The van der Waals surface area contributed by atoms with E-state index in [1.165, 1.54) is 6.42 Å². The first-order valence-corrected chi connectivity index (χ1v) is 9.71. The van der Waals surface area contributed by atoms with E-state index in [4.69, 9.17) is 0 Å². The second-order valence-corrected chi connectivity index (χ2v) is 8.18. The predicted octanol–water partition coefficient (Wildman–Crippen LogP) is 4.39. The average molecular weight is 347 g/mol. The van der Waals surface area contributed by atoms with E-state index >= 15 is 0 Å². The molecule has 1 aromatic heterocycles. The molecule has 0 aromatic carbocycles. The van der Waals surface area contributed by atoms with Gasteiger partial charge in [-0.15, -0.1) is 11.3 Å². The molecule has 4 nitrogen and oxygen atoms in total. The molecule has 1 aliphatic carbocycles. The lowest BCUT2D eigenvalue weighted by Crippen LogP contribution is -2.41. The zero-order valence-corrected chi connectivity index (χ0v) is 15.1. The summed E-state index contributed by atoms with van der Waals surface area (Å²) in [5.74, 6) is -0.606. The molecule has 5 heteroatoms. The van der Waals surface area contributed by atoms with Crippen LogP contribution in [-0.2, 0) is 9.59 Å². The topological polar surface area (TPSA) is 57.6 Å². The number of aliphatic hydroxyl groups is 1. The van der Waals surface area contributed by atoms with Crippen LogP contribution in [0.15, 0.2) is 28.8 Å². The fraction of sp³-hybridized carbons (Fsp3) is 0.579. The van der Waals surface area contributed by atoms with Crippen molar-refractivity contribution in [2.45, 2.75) is 64.5 Å². The summed E-state index contributed by atoms with van der Waals surface area (Å²) in [5.41, 5.74) is 0.307. The third-order valence-corrected chi connectivity index (χ3v) is 5.84. The van der Waals surface area contributed by atoms with Crippen LogP contribution in [0.4, 0.5) is 0 Å². The number of thiophene rings is 1. The van der Waals surface area contributed by atoms with Crippen molar-refractivity contribution in [3.8, 4) is 0 Å². The van der Waals surface area contributed by atoms with Gasteiger partial charge in [-0.25, -0.2) is 0 Å². The van der Waals surface area contributed by atoms with Crippen molar-refractivity contribution in [2.75, 3.05) is 0 Å². The highest BCUT2D eigenvalue weighted by molar-refractivity contribution is 7.10. The van der Waals surface area contributed by atoms with Crippen LogP contribution in [0.1, 0.15) is 63.3 Å². The van der Waals surface area contributed by atoms with Crippen molar-refractivity contribution in [3.05, 3.63) is 33.7 Å². The van der Waals surface area contributed by atoms with E-state index in [1.807, 2.05) is 31.4 Å². The van der Waals surface area contributed by atoms with E-state index in [2.05, 4.69) is 0 Å². The minimum Gasteiger partial charge on any atom is -0.503 e. The van der Waals surface area contributed by atoms with Gasteiger partial charge in [-0.2, -0.15) is 0 Å². The van der Waals surface area contributed by atoms with Crippen molar-refractivity contribution >= 4 is 23.0 Å². The first-order chi connectivity index (χ1) is 11.5. The Labute approximate surface area is 147 Å². The highest BCUT2D eigenvalue weighted by atomic mass is 32.1. The summed E-state index contributed by atoms with van der Waals surface area (Å²) in [5, 5.41) is 12.4. The lowest BCUT2D eigenvalue weighted by Gasteiger charge is -2.36. The quantitative estimate of drug-likeness (QED) is 0.859. The highest BCUT2D eigenvalue weighted by Gasteiger charge is 2.46. The molecule has 24 heavy (non-hydrogen) atoms. The number of aliphatic hydroxyl groups excluding tert-OH is 1. The van der Waals surface area contributed by atoms with E-state index in [0.29, 0.717) is 12.0 Å². The number of amides is 1. The zero-order chi connectivity index (χ0) is 17.3. The first-order valence-electron chi connectivity index (χ1n) is 8.83. The van der Waals surface area contributed by atoms with E-state index in [0.717, 1.165) is 30.6 Å². The number of rotatable bonds is 5. The molecule has 1 aromatic rings. The normalized spacial score (nSPS) is 22.7. The summed E-state index contributed by atoms with van der Waals surface area (Å²) < 4.78 is 0. The smallest absolute Gasteiger partial charge is 0.290 e. The van der Waals surface area contributed by atoms with E-state index in [1.54, 1.807) is 16.2 Å². The Morgan fingerprint density at radius 2 is 2.04 bits per heavy atom. The second kappa shape index (κ2) is 7.09. The summed E-state index contributed by atoms with van der Waals surface area (Å²) >= 11 is 1.54. The van der Waals surface area contributed by atoms with Gasteiger partial charge in [0.15, 0.2) is 11.5 Å². The van der Waals surface area contributed by atoms with Gasteiger partial charge >= 0.3 is 0 Å². The maximum atomic E-state index is 12.8. The maximum Gasteiger partial charge on any atom is 0.290 e. The molecular weight excluding hydrogens is 322 g/mol. The molecule has 0 radical (unpaired) electrons. The average Bonchev–Trinajstić information content (AvgIpc) is 3.15. The summed E-state index contributed by atoms with van der Waals surface area (Å²) in [6, 6.07) is 3.60. The fourth-order valence-electron chi connectivity index (χ4n) is 3.85. The monoisotopic (exact) mass is 347 g/mol. The maximum absolute atomic E-state index is 12.8. The van der Waals surface area contributed by atoms with Gasteiger partial charge in [-0.3, -0.25) is 9.59 Å². The number of ketones is 1. The zero-order valence-electron chi connectivity index (χ0n) is 14.3. The van der Waals surface area contributed by atoms with Gasteiger partial charge in [0, 0.05) is 17.3 Å². The minimum atomic E-state index is -0.410. The Hall–Kier alpha value is -1.62. The van der Waals surface area contributed by atoms with E-state index < -0.39 is 6.04 Å². The number of hydrogen-bond acceptors (Lipinski definition) is 4. The van der Waals surface area contributed by atoms with E-state index in [-0.39, 0.29) is 29.4 Å². The molecule has 130 valence electrons. The molecule has 1 atom stereocenters. The lowest BCUT2D eigenvalue weighted by molar-refractivity contribution is -0.132. The van der Waals surface area contributed by atoms with Crippen molar-refractivity contribution in [1.82, 2.24) is 4.90 Å². The van der Waals surface area contributed by atoms with Gasteiger partial charge in [-0.1, -0.05) is 39.2 Å². The van der Waals surface area contributed by atoms with Gasteiger partial charge in [0.2, 0.25) is 0 Å². The predicted molar refractivity (Wildman–Crippen MR) is 94.9 cm³/mol. The molecule has 0 saturated heterocycles. The SMILES string of the molecule is CC(C)CC(=O)C1=C(O)C(=O)N(C2CCCCC2)C1c1cccs1. The third-order valence-electron chi connectivity index (χ3n) is 4.92. The molecule has 1 saturated carbocycles. The summed E-state index contributed by atoms with van der Waals surface area (Å²) in [6.45, 7) is 3.96. The Morgan fingerprint density at radius 1 is 1.33 bits per heavy atom. The van der Waals surface area contributed by atoms with Gasteiger partial charge in [-0.05, 0) is 30.2 Å². The number of Topliss-reactive ketones (excluding diaryl/α,β-unsaturated/α-hetero) is 1. The molecule has 3 rings (SSSR count). The van der Waals surface area contributed by atoms with Gasteiger partial charge < -0.3 is 10.0 Å². The van der Waals surface area contributed by atoms with Crippen molar-refractivity contribution < 1.29 is 14.7 Å². The standard InChI is InChI=1S/C19H25NO3S/c1-12(2)11-14(21)16-17(15-9-6-10-24-15)20(19(23)18(16)22)13-7-4-3-5-8-13/h6,9-10,12-13,17,22H,3-5,7-8,11H2,1-2H3. The van der Waals surface area contributed by atoms with Crippen molar-refractivity contribution in [1.29, 1.82) is 0 Å². The molecule has 1 unspecified atom stereocenters. The lowest BCUT2D eigenvalue weighted by atomic mass is 9.91. The van der Waals surface area contributed by atoms with Crippen LogP contribution in [0.25, 0.3) is 0 Å². The molecule has 1 amide bonds. The van der Waals surface area contributed by atoms with Gasteiger partial charge in [0.1, 0.15) is 0 Å². The molecule has 1 N–H and O–H groups in total. The molecule has 1 fully saturated rings. The highest BCUT2D eigenvalue weighted by Crippen LogP contribution is 2.43. The largest absolute Gasteiger partial charge is 0.503 e. The van der Waals surface area contributed by atoms with Crippen LogP contribution < -0.4 is 0 Å². The Kier molecular flexibility index (Phi) is 5.09. The minimum absolute atomic E-state index is 0.104. The number of carbonyl (C=O) groups excluding carboxylic acids is 2. The molecule has 1 aliphatic heterocycles. The Morgan fingerprint density at radius 3 is 2.62 bits per heavy atom. The summed E-state index contributed by atoms with van der Waals surface area (Å²) in [7, 11) is 0. The van der Waals surface area contributed by atoms with Gasteiger partial charge in [0.05, 0.1) is 11.6 Å². The number of nitrogens with zero attached hydrogens (tertiary/aromatic N) is 1. The van der Waals surface area contributed by atoms with Crippen molar-refractivity contribution in [3.63, 3.8) is 0 Å². The third kappa shape index (κ3) is 3.14. The molecule has 0 spiro atoms. The van der Waals surface area contributed by atoms with Crippen LogP contribution in [0.5, 0.6) is 0 Å². The second-order valence-electron chi connectivity index (χ2n) is 7.21. The first kappa shape index (κ1) is 17.2. The number of carbonyl (C=O) groups is 2. The Bertz CT molecular complexity index is 642. The van der Waals surface area contributed by atoms with Crippen LogP contribution in [0.2, 0.25) is 0 Å². The summed E-state index contributed by atoms with van der Waals surface area (Å²) in [6.07, 6.45) is 5.65. The van der Waals surface area contributed by atoms with Crippen LogP contribution in [0, 0.1) is 5.92 Å². The fourth-order valence-corrected chi connectivity index (χ4v) is 4.68. The molecule has 0 bridgehead atoms. The Balaban J connectivity index is 1.99. The van der Waals surface area contributed by atoms with Crippen LogP contribution in [0.3, 0.4) is 0 Å². The van der Waals surface area contributed by atoms with Crippen LogP contribution in [-0.4, -0.2) is 27.7 Å². The van der Waals surface area contributed by atoms with Crippen molar-refractivity contribution in [2.24, 2.45) is 5.92 Å². The van der Waals surface area contributed by atoms with E-state index in [9.17, 15) is 14.7 Å². The number of hydrogen-bond donors (Lipinski definition) is 1. The molecule has 2 heterocycles. The summed E-state index contributed by atoms with van der Waals surface area (Å²) in [4.78, 5) is 28.3.